The van der Waals surface area contributed by atoms with Gasteiger partial charge in [0, 0.05) is 17.3 Å². The Balaban J connectivity index is 2.64. The molecular weight excluding hydrogens is 235 g/mol. The molecule has 0 atom stereocenters. The molecular formula is C13H19FN2O2. The largest absolute Gasteiger partial charge is 0.481 e. The van der Waals surface area contributed by atoms with Gasteiger partial charge in [-0.05, 0) is 39.3 Å². The first-order chi connectivity index (χ1) is 8.19. The van der Waals surface area contributed by atoms with Gasteiger partial charge in [-0.2, -0.15) is 0 Å². The van der Waals surface area contributed by atoms with Crippen molar-refractivity contribution in [2.45, 2.75) is 33.2 Å². The lowest BCUT2D eigenvalue weighted by molar-refractivity contribution is -0.124. The SMILES string of the molecule is Cc1cc(OCC(=O)NC(C)(C)C)c(F)cc1N. The van der Waals surface area contributed by atoms with Gasteiger partial charge in [0.25, 0.3) is 5.91 Å². The highest BCUT2D eigenvalue weighted by Crippen LogP contribution is 2.23. The van der Waals surface area contributed by atoms with Crippen molar-refractivity contribution in [3.05, 3.63) is 23.5 Å². The molecule has 1 rings (SSSR count). The minimum absolute atomic E-state index is 0.0331. The zero-order valence-corrected chi connectivity index (χ0v) is 11.1. The summed E-state index contributed by atoms with van der Waals surface area (Å²) in [5.74, 6) is -0.830. The first-order valence-corrected chi connectivity index (χ1v) is 5.68. The summed E-state index contributed by atoms with van der Waals surface area (Å²) in [5, 5.41) is 2.72. The second-order valence-corrected chi connectivity index (χ2v) is 5.23. The van der Waals surface area contributed by atoms with Crippen LogP contribution in [0.25, 0.3) is 0 Å². The van der Waals surface area contributed by atoms with E-state index in [0.717, 1.165) is 0 Å². The number of rotatable bonds is 3. The van der Waals surface area contributed by atoms with Crippen molar-refractivity contribution in [1.82, 2.24) is 5.32 Å². The van der Waals surface area contributed by atoms with Gasteiger partial charge in [0.1, 0.15) is 0 Å². The molecule has 18 heavy (non-hydrogen) atoms. The topological polar surface area (TPSA) is 64.3 Å². The number of ether oxygens (including phenoxy) is 1. The number of amides is 1. The van der Waals surface area contributed by atoms with Crippen molar-refractivity contribution in [3.63, 3.8) is 0 Å². The third kappa shape index (κ3) is 4.24. The molecule has 100 valence electrons. The van der Waals surface area contributed by atoms with Gasteiger partial charge in [-0.25, -0.2) is 4.39 Å². The van der Waals surface area contributed by atoms with E-state index in [9.17, 15) is 9.18 Å². The summed E-state index contributed by atoms with van der Waals surface area (Å²) in [6.07, 6.45) is 0. The second-order valence-electron chi connectivity index (χ2n) is 5.23. The van der Waals surface area contributed by atoms with E-state index in [1.165, 1.54) is 12.1 Å². The molecule has 0 aliphatic heterocycles. The smallest absolute Gasteiger partial charge is 0.258 e. The van der Waals surface area contributed by atoms with E-state index in [1.54, 1.807) is 6.92 Å². The number of nitrogens with one attached hydrogen (secondary N) is 1. The molecule has 0 unspecified atom stereocenters. The molecule has 0 saturated heterocycles. The monoisotopic (exact) mass is 254 g/mol. The van der Waals surface area contributed by atoms with Gasteiger partial charge in [-0.1, -0.05) is 0 Å². The van der Waals surface area contributed by atoms with Crippen LogP contribution in [0.1, 0.15) is 26.3 Å². The Labute approximate surface area is 106 Å². The molecule has 0 spiro atoms. The summed E-state index contributed by atoms with van der Waals surface area (Å²) in [7, 11) is 0. The van der Waals surface area contributed by atoms with Crippen LogP contribution >= 0.6 is 0 Å². The Morgan fingerprint density at radius 1 is 1.44 bits per heavy atom. The van der Waals surface area contributed by atoms with E-state index in [4.69, 9.17) is 10.5 Å². The van der Waals surface area contributed by atoms with Crippen LogP contribution in [0.3, 0.4) is 0 Å². The molecule has 4 nitrogen and oxygen atoms in total. The molecule has 0 aliphatic rings. The van der Waals surface area contributed by atoms with E-state index in [2.05, 4.69) is 5.32 Å². The van der Waals surface area contributed by atoms with Crippen molar-refractivity contribution in [3.8, 4) is 5.75 Å². The third-order valence-corrected chi connectivity index (χ3v) is 2.19. The summed E-state index contributed by atoms with van der Waals surface area (Å²) in [6.45, 7) is 7.10. The highest BCUT2D eigenvalue weighted by Gasteiger charge is 2.15. The van der Waals surface area contributed by atoms with Gasteiger partial charge >= 0.3 is 0 Å². The maximum Gasteiger partial charge on any atom is 0.258 e. The first kappa shape index (κ1) is 14.3. The van der Waals surface area contributed by atoms with E-state index >= 15 is 0 Å². The van der Waals surface area contributed by atoms with Crippen LogP contribution in [0, 0.1) is 12.7 Å². The summed E-state index contributed by atoms with van der Waals surface area (Å²) in [5.41, 5.74) is 6.29. The Morgan fingerprint density at radius 2 is 2.06 bits per heavy atom. The number of halogens is 1. The molecule has 5 heteroatoms. The predicted octanol–water partition coefficient (Wildman–Crippen LogP) is 2.01. The zero-order chi connectivity index (χ0) is 13.9. The van der Waals surface area contributed by atoms with E-state index in [1.807, 2.05) is 20.8 Å². The van der Waals surface area contributed by atoms with Crippen molar-refractivity contribution in [2.24, 2.45) is 0 Å². The molecule has 0 fully saturated rings. The van der Waals surface area contributed by atoms with Crippen molar-refractivity contribution in [2.75, 3.05) is 12.3 Å². The highest BCUT2D eigenvalue weighted by molar-refractivity contribution is 5.78. The fourth-order valence-electron chi connectivity index (χ4n) is 1.38. The van der Waals surface area contributed by atoms with Gasteiger partial charge in [-0.3, -0.25) is 4.79 Å². The third-order valence-electron chi connectivity index (χ3n) is 2.19. The van der Waals surface area contributed by atoms with E-state index < -0.39 is 5.82 Å². The number of carbonyl (C=O) groups excluding carboxylic acids is 1. The molecule has 1 amide bonds. The number of anilines is 1. The zero-order valence-electron chi connectivity index (χ0n) is 11.1. The van der Waals surface area contributed by atoms with Crippen molar-refractivity contribution in [1.29, 1.82) is 0 Å². The lowest BCUT2D eigenvalue weighted by atomic mass is 10.1. The summed E-state index contributed by atoms with van der Waals surface area (Å²) in [4.78, 5) is 11.5. The lowest BCUT2D eigenvalue weighted by Crippen LogP contribution is -2.43. The van der Waals surface area contributed by atoms with Gasteiger partial charge in [-0.15, -0.1) is 0 Å². The fraction of sp³-hybridized carbons (Fsp3) is 0.462. The molecule has 0 aromatic heterocycles. The quantitative estimate of drug-likeness (QED) is 0.811. The van der Waals surface area contributed by atoms with E-state index in [0.29, 0.717) is 11.3 Å². The number of benzene rings is 1. The summed E-state index contributed by atoms with van der Waals surface area (Å²) in [6, 6.07) is 2.67. The number of hydrogen-bond donors (Lipinski definition) is 2. The molecule has 0 radical (unpaired) electrons. The molecule has 1 aromatic rings. The fourth-order valence-corrected chi connectivity index (χ4v) is 1.38. The van der Waals surface area contributed by atoms with Crippen LogP contribution in [-0.4, -0.2) is 18.1 Å². The van der Waals surface area contributed by atoms with Gasteiger partial charge in [0.05, 0.1) is 0 Å². The number of nitrogens with two attached hydrogens (primary N) is 1. The Hall–Kier alpha value is -1.78. The molecule has 3 N–H and O–H groups in total. The van der Waals surface area contributed by atoms with Crippen LogP contribution in [-0.2, 0) is 4.79 Å². The Bertz CT molecular complexity index is 453. The molecule has 0 bridgehead atoms. The van der Waals surface area contributed by atoms with Crippen LogP contribution in [0.15, 0.2) is 12.1 Å². The predicted molar refractivity (Wildman–Crippen MR) is 68.9 cm³/mol. The van der Waals surface area contributed by atoms with Crippen molar-refractivity contribution < 1.29 is 13.9 Å². The van der Waals surface area contributed by atoms with E-state index in [-0.39, 0.29) is 23.8 Å². The molecule has 0 saturated carbocycles. The summed E-state index contributed by atoms with van der Waals surface area (Å²) >= 11 is 0. The number of carbonyl (C=O) groups is 1. The van der Waals surface area contributed by atoms with Crippen LogP contribution in [0.5, 0.6) is 5.75 Å². The van der Waals surface area contributed by atoms with Crippen LogP contribution in [0.4, 0.5) is 10.1 Å². The average molecular weight is 254 g/mol. The Kier molecular flexibility index (Phi) is 4.16. The number of nitrogen functional groups attached to an aromatic ring is 1. The van der Waals surface area contributed by atoms with Crippen molar-refractivity contribution >= 4 is 11.6 Å². The Morgan fingerprint density at radius 3 is 2.61 bits per heavy atom. The van der Waals surface area contributed by atoms with Gasteiger partial charge in [0.15, 0.2) is 18.2 Å². The number of hydrogen-bond acceptors (Lipinski definition) is 3. The minimum atomic E-state index is -0.568. The maximum atomic E-state index is 13.5. The molecule has 1 aromatic carbocycles. The first-order valence-electron chi connectivity index (χ1n) is 5.68. The normalized spacial score (nSPS) is 11.2. The minimum Gasteiger partial charge on any atom is -0.481 e. The van der Waals surface area contributed by atoms with Gasteiger partial charge < -0.3 is 15.8 Å². The standard InChI is InChI=1S/C13H19FN2O2/c1-8-5-11(9(14)6-10(8)15)18-7-12(17)16-13(2,3)4/h5-6H,7,15H2,1-4H3,(H,16,17). The molecule has 0 heterocycles. The molecule has 0 aliphatic carbocycles. The second kappa shape index (κ2) is 5.25. The van der Waals surface area contributed by atoms with Crippen LogP contribution < -0.4 is 15.8 Å². The maximum absolute atomic E-state index is 13.5. The number of aryl methyl sites for hydroxylation is 1. The lowest BCUT2D eigenvalue weighted by Gasteiger charge is -2.20. The highest BCUT2D eigenvalue weighted by atomic mass is 19.1. The van der Waals surface area contributed by atoms with Crippen LogP contribution in [0.2, 0.25) is 0 Å². The summed E-state index contributed by atoms with van der Waals surface area (Å²) < 4.78 is 18.6. The van der Waals surface area contributed by atoms with Gasteiger partial charge in [0.2, 0.25) is 0 Å². The average Bonchev–Trinajstić information content (AvgIpc) is 2.19.